The number of alkyl halides is 1. The monoisotopic (exact) mass is 390 g/mol. The first kappa shape index (κ1) is 14.7. The summed E-state index contributed by atoms with van der Waals surface area (Å²) >= 11 is 2.75. The zero-order valence-corrected chi connectivity index (χ0v) is 13.1. The molecule has 1 aromatic rings. The van der Waals surface area contributed by atoms with Crippen LogP contribution >= 0.6 is 33.9 Å². The van der Waals surface area contributed by atoms with Crippen LogP contribution in [0.1, 0.15) is 20.8 Å². The maximum Gasteiger partial charge on any atom is 0.271 e. The van der Waals surface area contributed by atoms with Crippen LogP contribution in [0.4, 0.5) is 5.13 Å². The van der Waals surface area contributed by atoms with Crippen molar-refractivity contribution in [1.29, 1.82) is 0 Å². The Labute approximate surface area is 117 Å². The highest BCUT2D eigenvalue weighted by Gasteiger charge is 2.27. The van der Waals surface area contributed by atoms with E-state index in [-0.39, 0.29) is 15.4 Å². The van der Waals surface area contributed by atoms with Crippen molar-refractivity contribution in [2.24, 2.45) is 0 Å². The van der Waals surface area contributed by atoms with Crippen LogP contribution in [-0.2, 0) is 14.8 Å². The van der Waals surface area contributed by atoms with Gasteiger partial charge in [-0.3, -0.25) is 4.79 Å². The molecule has 0 aromatic carbocycles. The van der Waals surface area contributed by atoms with Crippen molar-refractivity contribution in [3.8, 4) is 0 Å². The number of hydrogen-bond donors (Lipinski definition) is 2. The number of carbonyl (C=O) groups excluding carboxylic acids is 1. The summed E-state index contributed by atoms with van der Waals surface area (Å²) < 4.78 is 25.3. The average Bonchev–Trinajstić information content (AvgIpc) is 2.46. The topological polar surface area (TPSA) is 101 Å². The summed E-state index contributed by atoms with van der Waals surface area (Å²) in [4.78, 5) is 10.8. The number of nitrogens with zero attached hydrogens (tertiary/aromatic N) is 2. The van der Waals surface area contributed by atoms with E-state index in [1.807, 2.05) is 22.6 Å². The Kier molecular flexibility index (Phi) is 4.43. The van der Waals surface area contributed by atoms with Gasteiger partial charge in [-0.15, -0.1) is 10.2 Å². The van der Waals surface area contributed by atoms with Gasteiger partial charge in [-0.1, -0.05) is 33.9 Å². The minimum Gasteiger partial charge on any atom is -0.301 e. The van der Waals surface area contributed by atoms with E-state index in [1.54, 1.807) is 13.8 Å². The van der Waals surface area contributed by atoms with Crippen molar-refractivity contribution in [2.75, 3.05) is 5.32 Å². The van der Waals surface area contributed by atoms with E-state index >= 15 is 0 Å². The zero-order valence-electron chi connectivity index (χ0n) is 9.31. The molecule has 1 heterocycles. The van der Waals surface area contributed by atoms with E-state index in [0.717, 1.165) is 11.3 Å². The summed E-state index contributed by atoms with van der Waals surface area (Å²) in [6.45, 7) is 4.73. The summed E-state index contributed by atoms with van der Waals surface area (Å²) in [5, 5.41) is 9.62. The second-order valence-corrected chi connectivity index (χ2v) is 9.16. The van der Waals surface area contributed by atoms with Gasteiger partial charge in [-0.05, 0) is 13.8 Å². The van der Waals surface area contributed by atoms with Crippen molar-refractivity contribution in [3.63, 3.8) is 0 Å². The molecule has 7 nitrogen and oxygen atoms in total. The standard InChI is InChI=1S/C7H11IN4O3S2/c1-4(13)9-5-10-11-6(16-5)17(14,15)12-7(2,3)8/h12H,1-3H3,(H,9,10,13). The fraction of sp³-hybridized carbons (Fsp3) is 0.571. The van der Waals surface area contributed by atoms with Crippen molar-refractivity contribution in [3.05, 3.63) is 0 Å². The van der Waals surface area contributed by atoms with E-state index in [2.05, 4.69) is 20.2 Å². The lowest BCUT2D eigenvalue weighted by Crippen LogP contribution is -2.37. The summed E-state index contributed by atoms with van der Waals surface area (Å²) in [5.41, 5.74) is 0. The lowest BCUT2D eigenvalue weighted by Gasteiger charge is -2.16. The van der Waals surface area contributed by atoms with Gasteiger partial charge >= 0.3 is 0 Å². The van der Waals surface area contributed by atoms with Crippen LogP contribution in [0.2, 0.25) is 0 Å². The third-order valence-corrected chi connectivity index (χ3v) is 4.79. The molecule has 0 aliphatic rings. The number of hydrogen-bond acceptors (Lipinski definition) is 6. The fourth-order valence-corrected chi connectivity index (χ4v) is 3.95. The van der Waals surface area contributed by atoms with Gasteiger partial charge in [-0.2, -0.15) is 4.72 Å². The third kappa shape index (κ3) is 4.81. The van der Waals surface area contributed by atoms with E-state index in [0.29, 0.717) is 0 Å². The average molecular weight is 390 g/mol. The minimum atomic E-state index is -3.70. The highest BCUT2D eigenvalue weighted by Crippen LogP contribution is 2.22. The summed E-state index contributed by atoms with van der Waals surface area (Å²) in [7, 11) is -3.70. The Morgan fingerprint density at radius 2 is 2.00 bits per heavy atom. The number of nitrogens with one attached hydrogen (secondary N) is 2. The first-order valence-electron chi connectivity index (χ1n) is 4.44. The second-order valence-electron chi connectivity index (χ2n) is 3.63. The van der Waals surface area contributed by atoms with Crippen molar-refractivity contribution < 1.29 is 13.2 Å². The van der Waals surface area contributed by atoms with Crippen LogP contribution in [0.15, 0.2) is 4.34 Å². The van der Waals surface area contributed by atoms with Gasteiger partial charge in [0.1, 0.15) is 0 Å². The Balaban J connectivity index is 2.93. The van der Waals surface area contributed by atoms with Crippen LogP contribution in [0.25, 0.3) is 0 Å². The van der Waals surface area contributed by atoms with Crippen LogP contribution in [0.5, 0.6) is 0 Å². The van der Waals surface area contributed by atoms with Crippen LogP contribution in [-0.4, -0.2) is 28.1 Å². The number of rotatable bonds is 4. The number of carbonyl (C=O) groups is 1. The van der Waals surface area contributed by atoms with Crippen molar-refractivity contribution in [1.82, 2.24) is 14.9 Å². The van der Waals surface area contributed by atoms with E-state index in [1.165, 1.54) is 6.92 Å². The molecule has 0 spiro atoms. The number of amides is 1. The lowest BCUT2D eigenvalue weighted by molar-refractivity contribution is -0.114. The van der Waals surface area contributed by atoms with Crippen molar-refractivity contribution in [2.45, 2.75) is 28.7 Å². The molecule has 96 valence electrons. The fourth-order valence-electron chi connectivity index (χ4n) is 0.883. The van der Waals surface area contributed by atoms with Gasteiger partial charge in [0.2, 0.25) is 15.4 Å². The molecule has 0 radical (unpaired) electrons. The maximum atomic E-state index is 11.8. The van der Waals surface area contributed by atoms with E-state index in [9.17, 15) is 13.2 Å². The Morgan fingerprint density at radius 3 is 2.47 bits per heavy atom. The highest BCUT2D eigenvalue weighted by molar-refractivity contribution is 14.1. The second kappa shape index (κ2) is 5.12. The van der Waals surface area contributed by atoms with Gasteiger partial charge in [0.15, 0.2) is 0 Å². The molecule has 0 saturated carbocycles. The molecule has 1 amide bonds. The SMILES string of the molecule is CC(=O)Nc1nnc(S(=O)(=O)NC(C)(C)I)s1. The highest BCUT2D eigenvalue weighted by atomic mass is 127. The molecule has 17 heavy (non-hydrogen) atoms. The normalized spacial score (nSPS) is 12.5. The first-order valence-corrected chi connectivity index (χ1v) is 7.82. The number of aromatic nitrogens is 2. The Bertz CT molecular complexity index is 519. The summed E-state index contributed by atoms with van der Waals surface area (Å²) in [6.07, 6.45) is 0. The molecule has 0 aliphatic heterocycles. The molecule has 2 N–H and O–H groups in total. The summed E-state index contributed by atoms with van der Waals surface area (Å²) in [5.74, 6) is -0.327. The molecule has 0 atom stereocenters. The first-order chi connectivity index (χ1) is 7.60. The minimum absolute atomic E-state index is 0.157. The number of halogens is 1. The van der Waals surface area contributed by atoms with Crippen LogP contribution in [0.3, 0.4) is 0 Å². The van der Waals surface area contributed by atoms with E-state index in [4.69, 9.17) is 0 Å². The van der Waals surface area contributed by atoms with Gasteiger partial charge in [-0.25, -0.2) is 8.42 Å². The number of anilines is 1. The Morgan fingerprint density at radius 1 is 1.41 bits per heavy atom. The third-order valence-electron chi connectivity index (χ3n) is 1.30. The molecular weight excluding hydrogens is 379 g/mol. The van der Waals surface area contributed by atoms with Crippen LogP contribution < -0.4 is 10.0 Å². The molecule has 0 saturated heterocycles. The smallest absolute Gasteiger partial charge is 0.271 e. The lowest BCUT2D eigenvalue weighted by atomic mass is 10.4. The largest absolute Gasteiger partial charge is 0.301 e. The predicted octanol–water partition coefficient (Wildman–Crippen LogP) is 0.946. The predicted molar refractivity (Wildman–Crippen MR) is 72.6 cm³/mol. The Hall–Kier alpha value is -0.330. The van der Waals surface area contributed by atoms with Gasteiger partial charge in [0.25, 0.3) is 10.0 Å². The molecule has 1 aromatic heterocycles. The van der Waals surface area contributed by atoms with Gasteiger partial charge in [0.05, 0.1) is 3.55 Å². The van der Waals surface area contributed by atoms with Crippen LogP contribution in [0, 0.1) is 0 Å². The molecule has 0 unspecified atom stereocenters. The van der Waals surface area contributed by atoms with E-state index < -0.39 is 13.6 Å². The molecule has 10 heteroatoms. The molecule has 1 rings (SSSR count). The van der Waals surface area contributed by atoms with Gasteiger partial charge < -0.3 is 5.32 Å². The molecular formula is C7H11IN4O3S2. The summed E-state index contributed by atoms with van der Waals surface area (Å²) in [6, 6.07) is 0. The van der Waals surface area contributed by atoms with Crippen molar-refractivity contribution >= 4 is 55.0 Å². The quantitative estimate of drug-likeness (QED) is 0.345. The van der Waals surface area contributed by atoms with Gasteiger partial charge in [0, 0.05) is 6.92 Å². The molecule has 0 bridgehead atoms. The maximum absolute atomic E-state index is 11.8. The molecule has 0 aliphatic carbocycles. The zero-order chi connectivity index (χ0) is 13.3. The number of sulfonamides is 1. The molecule has 0 fully saturated rings.